The van der Waals surface area contributed by atoms with Crippen LogP contribution in [0.5, 0.6) is 0 Å². The first-order chi connectivity index (χ1) is 8.19. The van der Waals surface area contributed by atoms with Gasteiger partial charge in [-0.1, -0.05) is 13.0 Å². The molecule has 0 spiro atoms. The zero-order chi connectivity index (χ0) is 12.0. The van der Waals surface area contributed by atoms with Crippen LogP contribution in [0, 0.1) is 5.82 Å². The summed E-state index contributed by atoms with van der Waals surface area (Å²) in [4.78, 5) is 0. The van der Waals surface area contributed by atoms with Crippen LogP contribution in [-0.2, 0) is 17.2 Å². The molecule has 1 N–H and O–H groups in total. The normalized spacial score (nSPS) is 35.4. The molecular formula is C13H16FNOS. The Balaban J connectivity index is 1.97. The van der Waals surface area contributed by atoms with Gasteiger partial charge in [0.25, 0.3) is 0 Å². The Kier molecular flexibility index (Phi) is 2.79. The van der Waals surface area contributed by atoms with Crippen molar-refractivity contribution in [1.29, 1.82) is 0 Å². The summed E-state index contributed by atoms with van der Waals surface area (Å²) in [6, 6.07) is 5.42. The predicted molar refractivity (Wildman–Crippen MR) is 66.9 cm³/mol. The lowest BCUT2D eigenvalue weighted by atomic mass is 10.1. The van der Waals surface area contributed by atoms with Gasteiger partial charge in [0.2, 0.25) is 0 Å². The van der Waals surface area contributed by atoms with Gasteiger partial charge in [0.15, 0.2) is 0 Å². The van der Waals surface area contributed by atoms with E-state index in [1.807, 2.05) is 6.07 Å². The predicted octanol–water partition coefficient (Wildman–Crippen LogP) is 1.92. The lowest BCUT2D eigenvalue weighted by molar-refractivity contribution is 0.427. The van der Waals surface area contributed by atoms with Gasteiger partial charge in [-0.2, -0.15) is 0 Å². The molecule has 2 nitrogen and oxygen atoms in total. The quantitative estimate of drug-likeness (QED) is 0.828. The molecule has 17 heavy (non-hydrogen) atoms. The summed E-state index contributed by atoms with van der Waals surface area (Å²) >= 11 is 0. The van der Waals surface area contributed by atoms with Crippen molar-refractivity contribution in [3.63, 3.8) is 0 Å². The van der Waals surface area contributed by atoms with Crippen LogP contribution >= 0.6 is 0 Å². The standard InChI is InChI=1S/C13H16FNOS/c1-2-10-7-17(16)12-6-8-5-9(14)3-4-11(8)13(12)15-10/h3-5,10,12-13,15H,2,6-7H2,1H3. The first-order valence-corrected chi connectivity index (χ1v) is 7.48. The van der Waals surface area contributed by atoms with Gasteiger partial charge in [-0.15, -0.1) is 0 Å². The summed E-state index contributed by atoms with van der Waals surface area (Å²) < 4.78 is 25.4. The maximum Gasteiger partial charge on any atom is 0.123 e. The van der Waals surface area contributed by atoms with Crippen molar-refractivity contribution >= 4 is 10.8 Å². The van der Waals surface area contributed by atoms with Crippen LogP contribution < -0.4 is 5.32 Å². The average molecular weight is 253 g/mol. The fourth-order valence-corrected chi connectivity index (χ4v) is 4.76. The fourth-order valence-electron chi connectivity index (χ4n) is 2.89. The smallest absolute Gasteiger partial charge is 0.123 e. The third kappa shape index (κ3) is 1.83. The zero-order valence-corrected chi connectivity index (χ0v) is 10.6. The van der Waals surface area contributed by atoms with E-state index in [9.17, 15) is 8.60 Å². The van der Waals surface area contributed by atoms with E-state index in [0.717, 1.165) is 29.7 Å². The second-order valence-corrected chi connectivity index (χ2v) is 6.58. The van der Waals surface area contributed by atoms with Crippen LogP contribution in [-0.4, -0.2) is 21.3 Å². The Hall–Kier alpha value is -0.740. The van der Waals surface area contributed by atoms with Crippen molar-refractivity contribution in [1.82, 2.24) is 5.32 Å². The molecule has 0 amide bonds. The van der Waals surface area contributed by atoms with Crippen molar-refractivity contribution in [3.8, 4) is 0 Å². The van der Waals surface area contributed by atoms with Crippen LogP contribution in [0.15, 0.2) is 18.2 Å². The van der Waals surface area contributed by atoms with E-state index in [1.165, 1.54) is 6.07 Å². The van der Waals surface area contributed by atoms with E-state index in [-0.39, 0.29) is 17.1 Å². The summed E-state index contributed by atoms with van der Waals surface area (Å²) in [5.41, 5.74) is 2.17. The summed E-state index contributed by atoms with van der Waals surface area (Å²) in [7, 11) is -0.793. The van der Waals surface area contributed by atoms with Crippen molar-refractivity contribution in [2.24, 2.45) is 0 Å². The fraction of sp³-hybridized carbons (Fsp3) is 0.538. The lowest BCUT2D eigenvalue weighted by Gasteiger charge is -2.32. The Morgan fingerprint density at radius 3 is 3.12 bits per heavy atom. The third-order valence-corrected chi connectivity index (χ3v) is 5.69. The van der Waals surface area contributed by atoms with E-state index >= 15 is 0 Å². The largest absolute Gasteiger partial charge is 0.305 e. The van der Waals surface area contributed by atoms with Gasteiger partial charge in [0, 0.05) is 28.6 Å². The van der Waals surface area contributed by atoms with Crippen LogP contribution in [0.25, 0.3) is 0 Å². The highest BCUT2D eigenvalue weighted by Gasteiger charge is 2.41. The number of rotatable bonds is 1. The molecule has 3 rings (SSSR count). The average Bonchev–Trinajstić information content (AvgIpc) is 2.67. The molecule has 1 saturated heterocycles. The number of halogens is 1. The highest BCUT2D eigenvalue weighted by molar-refractivity contribution is 7.85. The van der Waals surface area contributed by atoms with Crippen LogP contribution in [0.1, 0.15) is 30.5 Å². The Labute approximate surface area is 103 Å². The molecule has 4 atom stereocenters. The number of hydrogen-bond acceptors (Lipinski definition) is 2. The van der Waals surface area contributed by atoms with E-state index in [2.05, 4.69) is 12.2 Å². The molecule has 0 bridgehead atoms. The third-order valence-electron chi connectivity index (χ3n) is 3.84. The van der Waals surface area contributed by atoms with Crippen LogP contribution in [0.2, 0.25) is 0 Å². The number of benzene rings is 1. The van der Waals surface area contributed by atoms with Gasteiger partial charge in [-0.3, -0.25) is 4.21 Å². The minimum atomic E-state index is -0.793. The SMILES string of the molecule is CCC1CS(=O)C2Cc3cc(F)ccc3C2N1. The number of hydrogen-bond donors (Lipinski definition) is 1. The first kappa shape index (κ1) is 11.4. The van der Waals surface area contributed by atoms with Crippen LogP contribution in [0.3, 0.4) is 0 Å². The second kappa shape index (κ2) is 4.18. The first-order valence-electron chi connectivity index (χ1n) is 6.10. The second-order valence-electron chi connectivity index (χ2n) is 4.88. The number of fused-ring (bicyclic) bond motifs is 3. The summed E-state index contributed by atoms with van der Waals surface area (Å²) in [6.45, 7) is 2.11. The zero-order valence-electron chi connectivity index (χ0n) is 9.78. The molecule has 1 aliphatic carbocycles. The van der Waals surface area contributed by atoms with Crippen molar-refractivity contribution in [3.05, 3.63) is 35.1 Å². The molecule has 1 aliphatic heterocycles. The Morgan fingerprint density at radius 2 is 2.35 bits per heavy atom. The molecule has 0 aromatic heterocycles. The summed E-state index contributed by atoms with van der Waals surface area (Å²) in [6.07, 6.45) is 1.74. The highest BCUT2D eigenvalue weighted by Crippen LogP contribution is 2.37. The minimum Gasteiger partial charge on any atom is -0.305 e. The molecule has 1 aromatic rings. The van der Waals surface area contributed by atoms with E-state index in [4.69, 9.17) is 0 Å². The molecule has 4 heteroatoms. The van der Waals surface area contributed by atoms with E-state index < -0.39 is 10.8 Å². The minimum absolute atomic E-state index is 0.134. The van der Waals surface area contributed by atoms with Crippen molar-refractivity contribution in [2.45, 2.75) is 37.1 Å². The van der Waals surface area contributed by atoms with Gasteiger partial charge < -0.3 is 5.32 Å². The molecule has 2 aliphatic rings. The van der Waals surface area contributed by atoms with Gasteiger partial charge >= 0.3 is 0 Å². The molecule has 0 radical (unpaired) electrons. The molecule has 0 saturated carbocycles. The maximum atomic E-state index is 13.2. The molecule has 1 fully saturated rings. The molecular weight excluding hydrogens is 237 g/mol. The Bertz CT molecular complexity index is 476. The topological polar surface area (TPSA) is 29.1 Å². The van der Waals surface area contributed by atoms with Gasteiger partial charge in [0.05, 0.1) is 5.25 Å². The summed E-state index contributed by atoms with van der Waals surface area (Å²) in [5.74, 6) is 0.536. The molecule has 1 heterocycles. The summed E-state index contributed by atoms with van der Waals surface area (Å²) in [5, 5.41) is 3.69. The maximum absolute atomic E-state index is 13.2. The Morgan fingerprint density at radius 1 is 1.53 bits per heavy atom. The highest BCUT2D eigenvalue weighted by atomic mass is 32.2. The molecule has 4 unspecified atom stereocenters. The number of nitrogens with one attached hydrogen (secondary N) is 1. The van der Waals surface area contributed by atoms with Crippen molar-refractivity contribution < 1.29 is 8.60 Å². The van der Waals surface area contributed by atoms with Gasteiger partial charge in [-0.25, -0.2) is 4.39 Å². The van der Waals surface area contributed by atoms with Gasteiger partial charge in [-0.05, 0) is 36.1 Å². The lowest BCUT2D eigenvalue weighted by Crippen LogP contribution is -2.48. The monoisotopic (exact) mass is 253 g/mol. The van der Waals surface area contributed by atoms with E-state index in [1.54, 1.807) is 6.07 Å². The van der Waals surface area contributed by atoms with E-state index in [0.29, 0.717) is 6.04 Å². The van der Waals surface area contributed by atoms with Crippen molar-refractivity contribution in [2.75, 3.05) is 5.75 Å². The molecule has 1 aromatic carbocycles. The van der Waals surface area contributed by atoms with Crippen LogP contribution in [0.4, 0.5) is 4.39 Å². The van der Waals surface area contributed by atoms with Gasteiger partial charge in [0.1, 0.15) is 5.82 Å². The molecule has 92 valence electrons.